The number of Topliss-reactive ketones (excluding diaryl/α,β-unsaturated/α-hetero) is 1. The van der Waals surface area contributed by atoms with Crippen molar-refractivity contribution >= 4 is 5.78 Å². The van der Waals surface area contributed by atoms with Crippen molar-refractivity contribution in [3.05, 3.63) is 46.0 Å². The van der Waals surface area contributed by atoms with Crippen LogP contribution < -0.4 is 0 Å². The molecule has 0 heterocycles. The first kappa shape index (κ1) is 15.3. The molecule has 0 fully saturated rings. The fourth-order valence-electron chi connectivity index (χ4n) is 2.37. The van der Waals surface area contributed by atoms with Crippen LogP contribution in [0.5, 0.6) is 0 Å². The van der Waals surface area contributed by atoms with Gasteiger partial charge in [0.25, 0.3) is 0 Å². The van der Waals surface area contributed by atoms with Gasteiger partial charge in [-0.3, -0.25) is 14.9 Å². The van der Waals surface area contributed by atoms with E-state index in [-0.39, 0.29) is 10.7 Å². The number of hydrogen-bond donors (Lipinski definition) is 0. The van der Waals surface area contributed by atoms with Gasteiger partial charge in [0.15, 0.2) is 0 Å². The zero-order chi connectivity index (χ0) is 14.3. The van der Waals surface area contributed by atoms with Gasteiger partial charge >= 0.3 is 0 Å². The average Bonchev–Trinajstić information content (AvgIpc) is 2.40. The summed E-state index contributed by atoms with van der Waals surface area (Å²) in [6.07, 6.45) is 2.02. The second-order valence-corrected chi connectivity index (χ2v) is 4.77. The lowest BCUT2D eigenvalue weighted by Crippen LogP contribution is -2.36. The molecule has 19 heavy (non-hydrogen) atoms. The average molecular weight is 263 g/mol. The summed E-state index contributed by atoms with van der Waals surface area (Å²) in [4.78, 5) is 23.0. The van der Waals surface area contributed by atoms with E-state index in [2.05, 4.69) is 0 Å². The monoisotopic (exact) mass is 263 g/mol. The van der Waals surface area contributed by atoms with Crippen molar-refractivity contribution < 1.29 is 9.72 Å². The Kier molecular flexibility index (Phi) is 6.19. The Balaban J connectivity index is 2.86. The Morgan fingerprint density at radius 2 is 1.89 bits per heavy atom. The zero-order valence-corrected chi connectivity index (χ0v) is 11.5. The predicted molar refractivity (Wildman–Crippen MR) is 74.6 cm³/mol. The first-order valence-corrected chi connectivity index (χ1v) is 6.80. The van der Waals surface area contributed by atoms with E-state index in [1.165, 1.54) is 0 Å². The number of carbonyl (C=O) groups excluding carboxylic acids is 1. The maximum Gasteiger partial charge on any atom is 0.226 e. The van der Waals surface area contributed by atoms with Crippen LogP contribution in [-0.4, -0.2) is 16.7 Å². The van der Waals surface area contributed by atoms with Gasteiger partial charge in [-0.05, 0) is 18.4 Å². The second kappa shape index (κ2) is 7.67. The first-order valence-electron chi connectivity index (χ1n) is 6.80. The van der Waals surface area contributed by atoms with Crippen molar-refractivity contribution in [2.75, 3.05) is 0 Å². The summed E-state index contributed by atoms with van der Waals surface area (Å²) in [5, 5.41) is 11.3. The highest BCUT2D eigenvalue weighted by Crippen LogP contribution is 2.20. The highest BCUT2D eigenvalue weighted by Gasteiger charge is 2.34. The third-order valence-electron chi connectivity index (χ3n) is 3.37. The fourth-order valence-corrected chi connectivity index (χ4v) is 2.37. The van der Waals surface area contributed by atoms with Crippen LogP contribution in [0.4, 0.5) is 0 Å². The van der Waals surface area contributed by atoms with Crippen LogP contribution in [0.25, 0.3) is 0 Å². The summed E-state index contributed by atoms with van der Waals surface area (Å²) in [7, 11) is 0. The van der Waals surface area contributed by atoms with Crippen LogP contribution in [0.3, 0.4) is 0 Å². The van der Waals surface area contributed by atoms with E-state index in [0.29, 0.717) is 19.3 Å². The molecule has 0 aliphatic heterocycles. The predicted octanol–water partition coefficient (Wildman–Crippen LogP) is 3.27. The summed E-state index contributed by atoms with van der Waals surface area (Å²) in [5.74, 6) is -0.460. The number of ketones is 1. The van der Waals surface area contributed by atoms with Gasteiger partial charge in [-0.15, -0.1) is 0 Å². The van der Waals surface area contributed by atoms with Gasteiger partial charge in [0.05, 0.1) is 5.92 Å². The van der Waals surface area contributed by atoms with E-state index in [0.717, 1.165) is 12.0 Å². The van der Waals surface area contributed by atoms with E-state index in [4.69, 9.17) is 0 Å². The Bertz CT molecular complexity index is 417. The molecule has 0 amide bonds. The molecular weight excluding hydrogens is 242 g/mol. The SMILES string of the molecule is CCCC(=O)C(CC)C(Cc1ccccc1)[N+](=O)[O-]. The first-order chi connectivity index (χ1) is 9.10. The van der Waals surface area contributed by atoms with Crippen LogP contribution in [-0.2, 0) is 11.2 Å². The van der Waals surface area contributed by atoms with E-state index in [1.807, 2.05) is 44.2 Å². The maximum atomic E-state index is 12.0. The molecular formula is C15H21NO3. The molecule has 0 spiro atoms. The van der Waals surface area contributed by atoms with E-state index in [9.17, 15) is 14.9 Å². The molecule has 104 valence electrons. The zero-order valence-electron chi connectivity index (χ0n) is 11.5. The van der Waals surface area contributed by atoms with Crippen LogP contribution in [0.2, 0.25) is 0 Å². The number of nitro groups is 1. The highest BCUT2D eigenvalue weighted by atomic mass is 16.6. The summed E-state index contributed by atoms with van der Waals surface area (Å²) < 4.78 is 0. The van der Waals surface area contributed by atoms with Gasteiger partial charge in [-0.25, -0.2) is 0 Å². The Labute approximate surface area is 114 Å². The summed E-state index contributed by atoms with van der Waals surface area (Å²) in [6, 6.07) is 8.53. The number of nitrogens with zero attached hydrogens (tertiary/aromatic N) is 1. The van der Waals surface area contributed by atoms with Crippen molar-refractivity contribution in [1.29, 1.82) is 0 Å². The number of benzene rings is 1. The summed E-state index contributed by atoms with van der Waals surface area (Å²) in [5.41, 5.74) is 0.909. The molecule has 4 heteroatoms. The van der Waals surface area contributed by atoms with E-state index >= 15 is 0 Å². The normalized spacial score (nSPS) is 13.8. The molecule has 2 atom stereocenters. The fraction of sp³-hybridized carbons (Fsp3) is 0.533. The molecule has 0 saturated carbocycles. The minimum absolute atomic E-state index is 0.0163. The third kappa shape index (κ3) is 4.47. The molecule has 1 aromatic rings. The quantitative estimate of drug-likeness (QED) is 0.534. The van der Waals surface area contributed by atoms with Gasteiger partial charge in [0.2, 0.25) is 6.04 Å². The summed E-state index contributed by atoms with van der Waals surface area (Å²) in [6.45, 7) is 3.77. The lowest BCUT2D eigenvalue weighted by Gasteiger charge is -2.18. The molecule has 0 N–H and O–H groups in total. The lowest BCUT2D eigenvalue weighted by atomic mass is 9.87. The van der Waals surface area contributed by atoms with E-state index in [1.54, 1.807) is 0 Å². The lowest BCUT2D eigenvalue weighted by molar-refractivity contribution is -0.529. The van der Waals surface area contributed by atoms with Crippen molar-refractivity contribution in [2.24, 2.45) is 5.92 Å². The minimum atomic E-state index is -0.813. The van der Waals surface area contributed by atoms with Crippen molar-refractivity contribution in [2.45, 2.75) is 45.6 Å². The molecule has 1 aromatic carbocycles. The molecule has 0 aliphatic carbocycles. The van der Waals surface area contributed by atoms with Gasteiger partial charge < -0.3 is 0 Å². The Morgan fingerprint density at radius 1 is 1.26 bits per heavy atom. The van der Waals surface area contributed by atoms with Gasteiger partial charge in [-0.2, -0.15) is 0 Å². The third-order valence-corrected chi connectivity index (χ3v) is 3.37. The van der Waals surface area contributed by atoms with Crippen LogP contribution in [0.15, 0.2) is 30.3 Å². The molecule has 0 bridgehead atoms. The molecule has 2 unspecified atom stereocenters. The smallest absolute Gasteiger partial charge is 0.226 e. The topological polar surface area (TPSA) is 60.2 Å². The molecule has 1 rings (SSSR count). The van der Waals surface area contributed by atoms with Crippen molar-refractivity contribution in [3.8, 4) is 0 Å². The number of hydrogen-bond acceptors (Lipinski definition) is 3. The van der Waals surface area contributed by atoms with Crippen LogP contribution in [0, 0.1) is 16.0 Å². The molecule has 0 aliphatic rings. The molecule has 0 saturated heterocycles. The molecule has 0 aromatic heterocycles. The largest absolute Gasteiger partial charge is 0.299 e. The van der Waals surface area contributed by atoms with Crippen LogP contribution in [0.1, 0.15) is 38.7 Å². The Hall–Kier alpha value is -1.71. The molecule has 4 nitrogen and oxygen atoms in total. The second-order valence-electron chi connectivity index (χ2n) is 4.77. The van der Waals surface area contributed by atoms with Crippen molar-refractivity contribution in [1.82, 2.24) is 0 Å². The van der Waals surface area contributed by atoms with Crippen molar-refractivity contribution in [3.63, 3.8) is 0 Å². The maximum absolute atomic E-state index is 12.0. The molecule has 0 radical (unpaired) electrons. The highest BCUT2D eigenvalue weighted by molar-refractivity contribution is 5.81. The van der Waals surface area contributed by atoms with E-state index < -0.39 is 12.0 Å². The number of carbonyl (C=O) groups is 1. The number of rotatable bonds is 8. The Morgan fingerprint density at radius 3 is 2.37 bits per heavy atom. The van der Waals surface area contributed by atoms with Gasteiger partial charge in [-0.1, -0.05) is 44.2 Å². The van der Waals surface area contributed by atoms with Crippen LogP contribution >= 0.6 is 0 Å². The standard InChI is InChI=1S/C15H21NO3/c1-3-8-15(17)13(4-2)14(16(18)19)11-12-9-6-5-7-10-12/h5-7,9-10,13-14H,3-4,8,11H2,1-2H3. The minimum Gasteiger partial charge on any atom is -0.299 e. The van der Waals surface area contributed by atoms with Gasteiger partial charge in [0, 0.05) is 17.8 Å². The summed E-state index contributed by atoms with van der Waals surface area (Å²) >= 11 is 0. The van der Waals surface area contributed by atoms with Gasteiger partial charge in [0.1, 0.15) is 5.78 Å².